The SMILES string of the molecule is Cc1ccccc1S(=O)(=O)N(CCCN)CCC(F)(F)CN(CCCN)S(=O)(=O)c1ccccc1C. The van der Waals surface area contributed by atoms with Crippen LogP contribution in [0.1, 0.15) is 30.4 Å². The molecular weight excluding hydrogens is 510 g/mol. The summed E-state index contributed by atoms with van der Waals surface area (Å²) in [5.41, 5.74) is 12.0. The normalized spacial score (nSPS) is 13.0. The van der Waals surface area contributed by atoms with Gasteiger partial charge in [0.15, 0.2) is 0 Å². The summed E-state index contributed by atoms with van der Waals surface area (Å²) in [6, 6.07) is 12.5. The zero-order valence-corrected chi connectivity index (χ0v) is 22.4. The van der Waals surface area contributed by atoms with Crippen LogP contribution in [0.5, 0.6) is 0 Å². The summed E-state index contributed by atoms with van der Waals surface area (Å²) in [5, 5.41) is 0. The number of benzene rings is 2. The van der Waals surface area contributed by atoms with Crippen LogP contribution in [0.15, 0.2) is 58.3 Å². The molecule has 8 nitrogen and oxygen atoms in total. The van der Waals surface area contributed by atoms with E-state index in [4.69, 9.17) is 11.5 Å². The van der Waals surface area contributed by atoms with Crippen molar-refractivity contribution in [3.63, 3.8) is 0 Å². The minimum atomic E-state index is -4.22. The maximum atomic E-state index is 15.2. The zero-order chi connectivity index (χ0) is 27.0. The van der Waals surface area contributed by atoms with E-state index >= 15 is 8.78 Å². The van der Waals surface area contributed by atoms with Gasteiger partial charge in [-0.05, 0) is 63.0 Å². The van der Waals surface area contributed by atoms with E-state index < -0.39 is 45.5 Å². The molecule has 0 radical (unpaired) electrons. The van der Waals surface area contributed by atoms with Gasteiger partial charge in [0.25, 0.3) is 5.92 Å². The van der Waals surface area contributed by atoms with Gasteiger partial charge in [0, 0.05) is 26.1 Å². The van der Waals surface area contributed by atoms with Crippen molar-refractivity contribution in [2.45, 2.75) is 48.8 Å². The first kappa shape index (κ1) is 30.3. The van der Waals surface area contributed by atoms with Gasteiger partial charge in [-0.25, -0.2) is 25.6 Å². The molecule has 0 unspecified atom stereocenters. The molecule has 202 valence electrons. The molecule has 0 fully saturated rings. The fourth-order valence-electron chi connectivity index (χ4n) is 3.77. The molecule has 0 amide bonds. The van der Waals surface area contributed by atoms with Crippen LogP contribution >= 0.6 is 0 Å². The molecule has 0 bridgehead atoms. The maximum absolute atomic E-state index is 15.2. The smallest absolute Gasteiger partial charge is 0.262 e. The Bertz CT molecular complexity index is 1210. The van der Waals surface area contributed by atoms with E-state index in [1.54, 1.807) is 44.2 Å². The van der Waals surface area contributed by atoms with E-state index in [0.29, 0.717) is 17.5 Å². The van der Waals surface area contributed by atoms with Crippen LogP contribution in [0.2, 0.25) is 0 Å². The Morgan fingerprint density at radius 3 is 1.58 bits per heavy atom. The molecule has 2 rings (SSSR count). The topological polar surface area (TPSA) is 127 Å². The monoisotopic (exact) mass is 546 g/mol. The van der Waals surface area contributed by atoms with E-state index in [0.717, 1.165) is 8.61 Å². The van der Waals surface area contributed by atoms with Crippen LogP contribution in [0, 0.1) is 13.8 Å². The average Bonchev–Trinajstić information content (AvgIpc) is 2.81. The Labute approximate surface area is 213 Å². The highest BCUT2D eigenvalue weighted by Gasteiger charge is 2.39. The number of hydrogen-bond acceptors (Lipinski definition) is 6. The van der Waals surface area contributed by atoms with Crippen LogP contribution in [0.3, 0.4) is 0 Å². The van der Waals surface area contributed by atoms with E-state index in [1.165, 1.54) is 18.2 Å². The molecule has 0 spiro atoms. The molecule has 0 heterocycles. The second-order valence-electron chi connectivity index (χ2n) is 8.66. The number of rotatable bonds is 15. The van der Waals surface area contributed by atoms with Crippen molar-refractivity contribution in [1.29, 1.82) is 0 Å². The van der Waals surface area contributed by atoms with Crippen molar-refractivity contribution in [3.8, 4) is 0 Å². The predicted octanol–water partition coefficient (Wildman–Crippen LogP) is 2.71. The minimum Gasteiger partial charge on any atom is -0.330 e. The van der Waals surface area contributed by atoms with Gasteiger partial charge in [-0.2, -0.15) is 8.61 Å². The Kier molecular flexibility index (Phi) is 10.9. The third-order valence-corrected chi connectivity index (χ3v) is 9.84. The molecule has 2 aromatic carbocycles. The van der Waals surface area contributed by atoms with Gasteiger partial charge in [0.1, 0.15) is 0 Å². The van der Waals surface area contributed by atoms with E-state index in [2.05, 4.69) is 0 Å². The molecule has 12 heteroatoms. The molecule has 2 aromatic rings. The Morgan fingerprint density at radius 2 is 1.14 bits per heavy atom. The quantitative estimate of drug-likeness (QED) is 0.354. The van der Waals surface area contributed by atoms with Gasteiger partial charge in [-0.15, -0.1) is 0 Å². The lowest BCUT2D eigenvalue weighted by molar-refractivity contribution is -0.0260. The molecule has 0 aliphatic heterocycles. The summed E-state index contributed by atoms with van der Waals surface area (Å²) in [4.78, 5) is -0.0124. The highest BCUT2D eigenvalue weighted by atomic mass is 32.2. The number of sulfonamides is 2. The lowest BCUT2D eigenvalue weighted by atomic mass is 10.2. The zero-order valence-electron chi connectivity index (χ0n) is 20.7. The number of halogens is 2. The lowest BCUT2D eigenvalue weighted by Gasteiger charge is -2.29. The predicted molar refractivity (Wildman–Crippen MR) is 137 cm³/mol. The van der Waals surface area contributed by atoms with Gasteiger partial charge in [-0.1, -0.05) is 36.4 Å². The fourth-order valence-corrected chi connectivity index (χ4v) is 7.20. The second-order valence-corrected chi connectivity index (χ2v) is 12.5. The third kappa shape index (κ3) is 7.77. The highest BCUT2D eigenvalue weighted by molar-refractivity contribution is 7.89. The molecular formula is C24H36F2N4O4S2. The molecule has 0 saturated carbocycles. The molecule has 0 aromatic heterocycles. The maximum Gasteiger partial charge on any atom is 0.262 e. The van der Waals surface area contributed by atoms with Crippen molar-refractivity contribution >= 4 is 20.0 Å². The number of alkyl halides is 2. The largest absolute Gasteiger partial charge is 0.330 e. The van der Waals surface area contributed by atoms with Crippen LogP contribution in [-0.4, -0.2) is 70.6 Å². The molecule has 0 saturated heterocycles. The summed E-state index contributed by atoms with van der Waals surface area (Å²) in [6.07, 6.45) is -0.364. The average molecular weight is 547 g/mol. The minimum absolute atomic E-state index is 0.0261. The Hall–Kier alpha value is -1.96. The number of aryl methyl sites for hydroxylation is 2. The summed E-state index contributed by atoms with van der Waals surface area (Å²) in [6.45, 7) is 1.78. The van der Waals surface area contributed by atoms with E-state index in [9.17, 15) is 16.8 Å². The van der Waals surface area contributed by atoms with Crippen molar-refractivity contribution in [2.24, 2.45) is 11.5 Å². The van der Waals surface area contributed by atoms with Crippen LogP contribution in [0.4, 0.5) is 8.78 Å². The third-order valence-electron chi connectivity index (χ3n) is 5.78. The summed E-state index contributed by atoms with van der Waals surface area (Å²) < 4.78 is 85.1. The van der Waals surface area contributed by atoms with Crippen molar-refractivity contribution in [3.05, 3.63) is 59.7 Å². The van der Waals surface area contributed by atoms with Crippen LogP contribution < -0.4 is 11.5 Å². The van der Waals surface area contributed by atoms with E-state index in [-0.39, 0.29) is 42.4 Å². The highest BCUT2D eigenvalue weighted by Crippen LogP contribution is 2.28. The fraction of sp³-hybridized carbons (Fsp3) is 0.500. The molecule has 4 N–H and O–H groups in total. The first-order valence-electron chi connectivity index (χ1n) is 11.8. The summed E-state index contributed by atoms with van der Waals surface area (Å²) in [5.74, 6) is -3.49. The summed E-state index contributed by atoms with van der Waals surface area (Å²) >= 11 is 0. The standard InChI is InChI=1S/C24H36F2N4O4S2/c1-20-9-3-5-11-22(20)35(31,32)29(16-7-14-27)18-13-24(25,26)19-30(17-8-15-28)36(33,34)23-12-6-4-10-21(23)2/h3-6,9-12H,7-8,13-19,27-28H2,1-2H3. The first-order chi connectivity index (χ1) is 16.9. The van der Waals surface area contributed by atoms with E-state index in [1.807, 2.05) is 0 Å². The van der Waals surface area contributed by atoms with Gasteiger partial charge < -0.3 is 11.5 Å². The number of hydrogen-bond donors (Lipinski definition) is 2. The Balaban J connectivity index is 2.28. The van der Waals surface area contributed by atoms with Crippen molar-refractivity contribution in [2.75, 3.05) is 39.3 Å². The van der Waals surface area contributed by atoms with Gasteiger partial charge in [-0.3, -0.25) is 0 Å². The molecule has 36 heavy (non-hydrogen) atoms. The summed E-state index contributed by atoms with van der Waals surface area (Å²) in [7, 11) is -8.27. The van der Waals surface area contributed by atoms with Gasteiger partial charge in [0.2, 0.25) is 20.0 Å². The lowest BCUT2D eigenvalue weighted by Crippen LogP contribution is -2.44. The van der Waals surface area contributed by atoms with Crippen LogP contribution in [0.25, 0.3) is 0 Å². The molecule has 0 atom stereocenters. The van der Waals surface area contributed by atoms with Gasteiger partial charge in [0.05, 0.1) is 16.3 Å². The van der Waals surface area contributed by atoms with Crippen molar-refractivity contribution < 1.29 is 25.6 Å². The second kappa shape index (κ2) is 13.0. The van der Waals surface area contributed by atoms with Crippen LogP contribution in [-0.2, 0) is 20.0 Å². The van der Waals surface area contributed by atoms with Gasteiger partial charge >= 0.3 is 0 Å². The Morgan fingerprint density at radius 1 is 0.722 bits per heavy atom. The molecule has 0 aliphatic carbocycles. The van der Waals surface area contributed by atoms with Crippen molar-refractivity contribution in [1.82, 2.24) is 8.61 Å². The number of nitrogens with two attached hydrogens (primary N) is 2. The first-order valence-corrected chi connectivity index (χ1v) is 14.6. The molecule has 0 aliphatic rings. The number of nitrogens with zero attached hydrogens (tertiary/aromatic N) is 2.